The molecule has 5 nitrogen and oxygen atoms in total. The predicted molar refractivity (Wildman–Crippen MR) is 77.4 cm³/mol. The summed E-state index contributed by atoms with van der Waals surface area (Å²) in [4.78, 5) is 7.62. The van der Waals surface area contributed by atoms with Crippen LogP contribution in [-0.4, -0.2) is 30.2 Å². The number of aromatic nitrogens is 2. The summed E-state index contributed by atoms with van der Waals surface area (Å²) in [6, 6.07) is 9.93. The summed E-state index contributed by atoms with van der Waals surface area (Å²) < 4.78 is 10.8. The van der Waals surface area contributed by atoms with Gasteiger partial charge in [-0.3, -0.25) is 0 Å². The van der Waals surface area contributed by atoms with E-state index in [0.29, 0.717) is 6.61 Å². The Morgan fingerprint density at radius 2 is 2.25 bits per heavy atom. The third kappa shape index (κ3) is 2.74. The Bertz CT molecular complexity index is 654. The van der Waals surface area contributed by atoms with Crippen molar-refractivity contribution in [2.24, 2.45) is 0 Å². The molecule has 0 amide bonds. The summed E-state index contributed by atoms with van der Waals surface area (Å²) in [6.07, 6.45) is 1.82. The van der Waals surface area contributed by atoms with Crippen LogP contribution in [0.2, 0.25) is 0 Å². The maximum atomic E-state index is 5.78. The molecular formula is C15H17N3O2. The number of aromatic amines is 1. The van der Waals surface area contributed by atoms with Crippen molar-refractivity contribution < 1.29 is 9.15 Å². The van der Waals surface area contributed by atoms with Gasteiger partial charge in [-0.15, -0.1) is 0 Å². The van der Waals surface area contributed by atoms with Crippen LogP contribution < -0.4 is 5.32 Å². The van der Waals surface area contributed by atoms with E-state index in [1.165, 1.54) is 0 Å². The van der Waals surface area contributed by atoms with E-state index in [2.05, 4.69) is 15.3 Å². The zero-order chi connectivity index (χ0) is 13.8. The van der Waals surface area contributed by atoms with Crippen LogP contribution in [0.1, 0.15) is 5.69 Å². The first-order valence-electron chi connectivity index (χ1n) is 6.59. The largest absolute Gasteiger partial charge is 0.453 e. The van der Waals surface area contributed by atoms with Gasteiger partial charge in [0.2, 0.25) is 0 Å². The Morgan fingerprint density at radius 1 is 1.35 bits per heavy atom. The van der Waals surface area contributed by atoms with Crippen molar-refractivity contribution in [3.05, 3.63) is 42.2 Å². The molecule has 0 radical (unpaired) electrons. The molecule has 0 fully saturated rings. The van der Waals surface area contributed by atoms with E-state index in [9.17, 15) is 0 Å². The van der Waals surface area contributed by atoms with E-state index in [1.54, 1.807) is 7.11 Å². The average molecular weight is 271 g/mol. The van der Waals surface area contributed by atoms with Crippen LogP contribution in [0.4, 0.5) is 0 Å². The van der Waals surface area contributed by atoms with Gasteiger partial charge in [-0.2, -0.15) is 0 Å². The first-order chi connectivity index (χ1) is 9.86. The number of furan rings is 1. The fourth-order valence-corrected chi connectivity index (χ4v) is 2.07. The molecule has 104 valence electrons. The maximum Gasteiger partial charge on any atom is 0.173 e. The quantitative estimate of drug-likeness (QED) is 0.676. The van der Waals surface area contributed by atoms with Gasteiger partial charge in [-0.25, -0.2) is 4.98 Å². The van der Waals surface area contributed by atoms with E-state index in [4.69, 9.17) is 9.15 Å². The standard InChI is InChI=1S/C15H17N3O2/c1-19-7-6-16-9-12-10-17-15(18-12)14-8-11-4-2-3-5-13(11)20-14/h2-5,8,10,16H,6-7,9H2,1H3,(H,17,18). The summed E-state index contributed by atoms with van der Waals surface area (Å²) in [5, 5.41) is 4.35. The molecule has 0 aliphatic rings. The van der Waals surface area contributed by atoms with Gasteiger partial charge in [0.1, 0.15) is 5.58 Å². The minimum absolute atomic E-state index is 0.699. The maximum absolute atomic E-state index is 5.78. The number of nitrogens with one attached hydrogen (secondary N) is 2. The second kappa shape index (κ2) is 5.90. The molecule has 1 aromatic carbocycles. The zero-order valence-electron chi connectivity index (χ0n) is 11.3. The molecular weight excluding hydrogens is 254 g/mol. The van der Waals surface area contributed by atoms with Crippen LogP contribution in [0, 0.1) is 0 Å². The van der Waals surface area contributed by atoms with Crippen molar-refractivity contribution in [3.63, 3.8) is 0 Å². The van der Waals surface area contributed by atoms with Gasteiger partial charge in [-0.05, 0) is 12.1 Å². The summed E-state index contributed by atoms with van der Waals surface area (Å²) in [7, 11) is 1.69. The van der Waals surface area contributed by atoms with Crippen molar-refractivity contribution >= 4 is 11.0 Å². The van der Waals surface area contributed by atoms with Crippen molar-refractivity contribution in [2.75, 3.05) is 20.3 Å². The lowest BCUT2D eigenvalue weighted by atomic mass is 10.2. The Morgan fingerprint density at radius 3 is 3.10 bits per heavy atom. The average Bonchev–Trinajstić information content (AvgIpc) is 3.09. The Kier molecular flexibility index (Phi) is 3.80. The number of methoxy groups -OCH3 is 1. The van der Waals surface area contributed by atoms with Crippen LogP contribution in [0.25, 0.3) is 22.6 Å². The van der Waals surface area contributed by atoms with Crippen LogP contribution >= 0.6 is 0 Å². The zero-order valence-corrected chi connectivity index (χ0v) is 11.3. The van der Waals surface area contributed by atoms with Gasteiger partial charge < -0.3 is 19.5 Å². The first kappa shape index (κ1) is 12.9. The van der Waals surface area contributed by atoms with Gasteiger partial charge in [0.25, 0.3) is 0 Å². The van der Waals surface area contributed by atoms with E-state index < -0.39 is 0 Å². The van der Waals surface area contributed by atoms with E-state index >= 15 is 0 Å². The highest BCUT2D eigenvalue weighted by Crippen LogP contribution is 2.25. The van der Waals surface area contributed by atoms with Crippen LogP contribution in [-0.2, 0) is 11.3 Å². The number of fused-ring (bicyclic) bond motifs is 1. The third-order valence-electron chi connectivity index (χ3n) is 3.09. The molecule has 0 saturated carbocycles. The first-order valence-corrected chi connectivity index (χ1v) is 6.59. The smallest absolute Gasteiger partial charge is 0.173 e. The molecule has 3 aromatic rings. The molecule has 0 aliphatic carbocycles. The van der Waals surface area contributed by atoms with Crippen molar-refractivity contribution in [3.8, 4) is 11.6 Å². The highest BCUT2D eigenvalue weighted by atomic mass is 16.5. The fourth-order valence-electron chi connectivity index (χ4n) is 2.07. The molecule has 20 heavy (non-hydrogen) atoms. The third-order valence-corrected chi connectivity index (χ3v) is 3.09. The Labute approximate surface area is 117 Å². The summed E-state index contributed by atoms with van der Waals surface area (Å²) in [5.41, 5.74) is 1.90. The molecule has 2 N–H and O–H groups in total. The fraction of sp³-hybridized carbons (Fsp3) is 0.267. The number of imidazole rings is 1. The number of H-pyrrole nitrogens is 1. The number of nitrogens with zero attached hydrogens (tertiary/aromatic N) is 1. The number of hydrogen-bond donors (Lipinski definition) is 2. The van der Waals surface area contributed by atoms with Gasteiger partial charge in [0.05, 0.1) is 12.8 Å². The number of rotatable bonds is 6. The van der Waals surface area contributed by atoms with Gasteiger partial charge >= 0.3 is 0 Å². The molecule has 0 bridgehead atoms. The number of ether oxygens (including phenoxy) is 1. The lowest BCUT2D eigenvalue weighted by Gasteiger charge is -2.00. The second-order valence-electron chi connectivity index (χ2n) is 4.58. The number of para-hydroxylation sites is 1. The van der Waals surface area contributed by atoms with Crippen molar-refractivity contribution in [1.29, 1.82) is 0 Å². The SMILES string of the molecule is COCCNCc1cnc(-c2cc3ccccc3o2)[nH]1. The monoisotopic (exact) mass is 271 g/mol. The lowest BCUT2D eigenvalue weighted by Crippen LogP contribution is -2.18. The van der Waals surface area contributed by atoms with Crippen molar-refractivity contribution in [2.45, 2.75) is 6.54 Å². The normalized spacial score (nSPS) is 11.2. The van der Waals surface area contributed by atoms with Crippen molar-refractivity contribution in [1.82, 2.24) is 15.3 Å². The molecule has 0 atom stereocenters. The minimum Gasteiger partial charge on any atom is -0.453 e. The molecule has 0 aliphatic heterocycles. The Balaban J connectivity index is 1.72. The number of benzene rings is 1. The van der Waals surface area contributed by atoms with Gasteiger partial charge in [0.15, 0.2) is 11.6 Å². The van der Waals surface area contributed by atoms with Crippen LogP contribution in [0.3, 0.4) is 0 Å². The molecule has 0 saturated heterocycles. The van der Waals surface area contributed by atoms with E-state index in [-0.39, 0.29) is 0 Å². The topological polar surface area (TPSA) is 63.1 Å². The van der Waals surface area contributed by atoms with Gasteiger partial charge in [-0.1, -0.05) is 18.2 Å². The molecule has 0 spiro atoms. The van der Waals surface area contributed by atoms with Crippen LogP contribution in [0.5, 0.6) is 0 Å². The number of hydrogen-bond acceptors (Lipinski definition) is 4. The minimum atomic E-state index is 0.699. The molecule has 2 aromatic heterocycles. The molecule has 3 rings (SSSR count). The van der Waals surface area contributed by atoms with Crippen LogP contribution in [0.15, 0.2) is 40.9 Å². The highest BCUT2D eigenvalue weighted by molar-refractivity contribution is 5.81. The summed E-state index contributed by atoms with van der Waals surface area (Å²) in [6.45, 7) is 2.25. The molecule has 2 heterocycles. The molecule has 0 unspecified atom stereocenters. The lowest BCUT2D eigenvalue weighted by molar-refractivity contribution is 0.199. The predicted octanol–water partition coefficient (Wildman–Crippen LogP) is 2.56. The summed E-state index contributed by atoms with van der Waals surface area (Å²) in [5.74, 6) is 1.51. The summed E-state index contributed by atoms with van der Waals surface area (Å²) >= 11 is 0. The van der Waals surface area contributed by atoms with Gasteiger partial charge in [0, 0.05) is 31.3 Å². The Hall–Kier alpha value is -2.11. The van der Waals surface area contributed by atoms with E-state index in [1.807, 2.05) is 36.5 Å². The second-order valence-corrected chi connectivity index (χ2v) is 4.58. The highest BCUT2D eigenvalue weighted by Gasteiger charge is 2.09. The van der Waals surface area contributed by atoms with E-state index in [0.717, 1.165) is 41.3 Å². The molecule has 5 heteroatoms.